The van der Waals surface area contributed by atoms with E-state index in [1.165, 1.54) is 37.2 Å². The van der Waals surface area contributed by atoms with Crippen LogP contribution in [-0.2, 0) is 0 Å². The second kappa shape index (κ2) is 5.53. The lowest BCUT2D eigenvalue weighted by Gasteiger charge is -2.45. The van der Waals surface area contributed by atoms with E-state index in [-0.39, 0.29) is 5.54 Å². The lowest BCUT2D eigenvalue weighted by Crippen LogP contribution is -2.52. The van der Waals surface area contributed by atoms with Crippen LogP contribution in [-0.4, -0.2) is 40.4 Å². The highest BCUT2D eigenvalue weighted by atomic mass is 32.1. The number of aromatic nitrogens is 2. The van der Waals surface area contributed by atoms with Gasteiger partial charge in [-0.15, -0.1) is 0 Å². The van der Waals surface area contributed by atoms with Crippen molar-refractivity contribution in [2.75, 3.05) is 26.0 Å². The predicted molar refractivity (Wildman–Crippen MR) is 77.2 cm³/mol. The fourth-order valence-electron chi connectivity index (χ4n) is 2.97. The molecule has 1 aliphatic rings. The van der Waals surface area contributed by atoms with E-state index in [0.29, 0.717) is 0 Å². The maximum absolute atomic E-state index is 4.38. The summed E-state index contributed by atoms with van der Waals surface area (Å²) in [6.45, 7) is 5.28. The molecule has 18 heavy (non-hydrogen) atoms. The third-order valence-corrected chi connectivity index (χ3v) is 4.88. The van der Waals surface area contributed by atoms with Crippen molar-refractivity contribution in [1.29, 1.82) is 0 Å². The second-order valence-electron chi connectivity index (χ2n) is 5.82. The van der Waals surface area contributed by atoms with Gasteiger partial charge in [0.05, 0.1) is 0 Å². The zero-order valence-electron chi connectivity index (χ0n) is 11.9. The van der Waals surface area contributed by atoms with Gasteiger partial charge in [-0.1, -0.05) is 19.8 Å². The monoisotopic (exact) mass is 268 g/mol. The number of rotatable bonds is 4. The first-order chi connectivity index (χ1) is 8.52. The van der Waals surface area contributed by atoms with Gasteiger partial charge < -0.3 is 10.2 Å². The summed E-state index contributed by atoms with van der Waals surface area (Å²) in [6, 6.07) is 0. The van der Waals surface area contributed by atoms with Crippen LogP contribution < -0.4 is 5.32 Å². The van der Waals surface area contributed by atoms with Crippen LogP contribution in [0.5, 0.6) is 0 Å². The molecule has 2 rings (SSSR count). The van der Waals surface area contributed by atoms with Crippen molar-refractivity contribution in [3.63, 3.8) is 0 Å². The van der Waals surface area contributed by atoms with Crippen molar-refractivity contribution in [2.24, 2.45) is 5.92 Å². The van der Waals surface area contributed by atoms with Gasteiger partial charge in [0, 0.05) is 23.6 Å². The first-order valence-electron chi connectivity index (χ1n) is 6.73. The Balaban J connectivity index is 2.02. The molecule has 1 fully saturated rings. The summed E-state index contributed by atoms with van der Waals surface area (Å²) in [5.74, 6) is 1.68. The summed E-state index contributed by atoms with van der Waals surface area (Å²) in [4.78, 5) is 6.77. The molecule has 2 atom stereocenters. The van der Waals surface area contributed by atoms with Crippen LogP contribution in [0.1, 0.15) is 38.4 Å². The van der Waals surface area contributed by atoms with E-state index in [9.17, 15) is 0 Å². The summed E-state index contributed by atoms with van der Waals surface area (Å²) >= 11 is 1.46. The molecule has 0 bridgehead atoms. The molecule has 1 aliphatic carbocycles. The van der Waals surface area contributed by atoms with Crippen LogP contribution in [0.3, 0.4) is 0 Å². The van der Waals surface area contributed by atoms with Gasteiger partial charge in [0.25, 0.3) is 0 Å². The molecule has 1 aromatic heterocycles. The average Bonchev–Trinajstić information content (AvgIpc) is 2.72. The first-order valence-corrected chi connectivity index (χ1v) is 7.51. The third-order valence-electron chi connectivity index (χ3n) is 4.11. The number of hydrogen-bond acceptors (Lipinski definition) is 5. The molecule has 0 saturated heterocycles. The van der Waals surface area contributed by atoms with E-state index in [0.717, 1.165) is 23.4 Å². The Bertz CT molecular complexity index is 390. The Morgan fingerprint density at radius 1 is 1.50 bits per heavy atom. The molecule has 0 aliphatic heterocycles. The molecule has 0 spiro atoms. The van der Waals surface area contributed by atoms with E-state index in [1.807, 2.05) is 6.92 Å². The second-order valence-corrected chi connectivity index (χ2v) is 6.57. The molecule has 1 N–H and O–H groups in total. The minimum absolute atomic E-state index is 0.275. The molecule has 1 aromatic rings. The summed E-state index contributed by atoms with van der Waals surface area (Å²) in [6.07, 6.45) is 5.24. The summed E-state index contributed by atoms with van der Waals surface area (Å²) in [5.41, 5.74) is 0.275. The molecular formula is C13H24N4S. The van der Waals surface area contributed by atoms with Gasteiger partial charge in [-0.2, -0.15) is 4.37 Å². The van der Waals surface area contributed by atoms with Crippen LogP contribution >= 0.6 is 11.5 Å². The van der Waals surface area contributed by atoms with E-state index in [4.69, 9.17) is 0 Å². The fraction of sp³-hybridized carbons (Fsp3) is 0.846. The lowest BCUT2D eigenvalue weighted by molar-refractivity contribution is 0.0882. The van der Waals surface area contributed by atoms with Gasteiger partial charge >= 0.3 is 0 Å². The highest BCUT2D eigenvalue weighted by Crippen LogP contribution is 2.35. The van der Waals surface area contributed by atoms with Crippen molar-refractivity contribution in [3.8, 4) is 0 Å². The maximum Gasteiger partial charge on any atom is 0.202 e. The molecule has 102 valence electrons. The van der Waals surface area contributed by atoms with Crippen molar-refractivity contribution in [1.82, 2.24) is 14.3 Å². The number of nitrogens with zero attached hydrogens (tertiary/aromatic N) is 3. The van der Waals surface area contributed by atoms with Crippen LogP contribution in [0.15, 0.2) is 0 Å². The molecule has 5 heteroatoms. The van der Waals surface area contributed by atoms with Crippen molar-refractivity contribution in [2.45, 2.75) is 45.1 Å². The summed E-state index contributed by atoms with van der Waals surface area (Å²) < 4.78 is 4.22. The predicted octanol–water partition coefficient (Wildman–Crippen LogP) is 2.77. The smallest absolute Gasteiger partial charge is 0.202 e. The standard InChI is InChI=1S/C13H24N4S/c1-10-6-5-7-13(8-10,17(3)4)9-14-12-15-11(2)16-18-12/h10H,5-9H2,1-4H3,(H,14,15,16). The molecule has 4 nitrogen and oxygen atoms in total. The highest BCUT2D eigenvalue weighted by molar-refractivity contribution is 7.09. The number of anilines is 1. The van der Waals surface area contributed by atoms with Crippen molar-refractivity contribution >= 4 is 16.7 Å². The average molecular weight is 268 g/mol. The van der Waals surface area contributed by atoms with Crippen LogP contribution in [0.2, 0.25) is 0 Å². The Kier molecular flexibility index (Phi) is 4.22. The molecule has 1 saturated carbocycles. The van der Waals surface area contributed by atoms with Crippen molar-refractivity contribution in [3.05, 3.63) is 5.82 Å². The Morgan fingerprint density at radius 2 is 2.28 bits per heavy atom. The normalized spacial score (nSPS) is 28.6. The minimum Gasteiger partial charge on any atom is -0.358 e. The van der Waals surface area contributed by atoms with Gasteiger partial charge in [0.15, 0.2) is 0 Å². The fourth-order valence-corrected chi connectivity index (χ4v) is 3.54. The van der Waals surface area contributed by atoms with E-state index >= 15 is 0 Å². The van der Waals surface area contributed by atoms with Crippen LogP contribution in [0.25, 0.3) is 0 Å². The SMILES string of the molecule is Cc1nsc(NCC2(N(C)C)CCCC(C)C2)n1. The molecule has 2 unspecified atom stereocenters. The maximum atomic E-state index is 4.38. The Morgan fingerprint density at radius 3 is 2.83 bits per heavy atom. The van der Waals surface area contributed by atoms with E-state index in [2.05, 4.69) is 40.6 Å². The van der Waals surface area contributed by atoms with Crippen LogP contribution in [0.4, 0.5) is 5.13 Å². The van der Waals surface area contributed by atoms with E-state index in [1.54, 1.807) is 0 Å². The zero-order chi connectivity index (χ0) is 13.2. The van der Waals surface area contributed by atoms with Gasteiger partial charge in [-0.25, -0.2) is 4.98 Å². The first kappa shape index (κ1) is 13.7. The minimum atomic E-state index is 0.275. The van der Waals surface area contributed by atoms with Crippen molar-refractivity contribution < 1.29 is 0 Å². The molecule has 1 heterocycles. The zero-order valence-corrected chi connectivity index (χ0v) is 12.7. The number of likely N-dealkylation sites (N-methyl/N-ethyl adjacent to an activating group) is 1. The Hall–Kier alpha value is -0.680. The molecule has 0 aromatic carbocycles. The number of hydrogen-bond donors (Lipinski definition) is 1. The number of aryl methyl sites for hydroxylation is 1. The largest absolute Gasteiger partial charge is 0.358 e. The molecule has 0 radical (unpaired) electrons. The van der Waals surface area contributed by atoms with Gasteiger partial charge in [-0.05, 0) is 39.8 Å². The molecular weight excluding hydrogens is 244 g/mol. The third kappa shape index (κ3) is 3.01. The molecule has 0 amide bonds. The topological polar surface area (TPSA) is 41.1 Å². The number of nitrogens with one attached hydrogen (secondary N) is 1. The summed E-state index contributed by atoms with van der Waals surface area (Å²) in [7, 11) is 4.40. The van der Waals surface area contributed by atoms with Gasteiger partial charge in [0.2, 0.25) is 5.13 Å². The van der Waals surface area contributed by atoms with Gasteiger partial charge in [-0.3, -0.25) is 0 Å². The van der Waals surface area contributed by atoms with E-state index < -0.39 is 0 Å². The van der Waals surface area contributed by atoms with Gasteiger partial charge in [0.1, 0.15) is 5.82 Å². The summed E-state index contributed by atoms with van der Waals surface area (Å²) in [5, 5.41) is 4.43. The quantitative estimate of drug-likeness (QED) is 0.911. The lowest BCUT2D eigenvalue weighted by atomic mass is 9.75. The Labute approximate surface area is 114 Å². The van der Waals surface area contributed by atoms with Crippen LogP contribution in [0, 0.1) is 12.8 Å². The highest BCUT2D eigenvalue weighted by Gasteiger charge is 2.36.